The van der Waals surface area contributed by atoms with Gasteiger partial charge in [0.25, 0.3) is 0 Å². The second-order valence-corrected chi connectivity index (χ2v) is 5.11. The maximum absolute atomic E-state index is 9.15. The van der Waals surface area contributed by atoms with E-state index in [2.05, 4.69) is 25.7 Å². The van der Waals surface area contributed by atoms with Crippen molar-refractivity contribution in [2.24, 2.45) is 5.41 Å². The Morgan fingerprint density at radius 1 is 1.54 bits per heavy atom. The van der Waals surface area contributed by atoms with Crippen molar-refractivity contribution in [1.82, 2.24) is 4.90 Å². The lowest BCUT2D eigenvalue weighted by molar-refractivity contribution is 0.203. The van der Waals surface area contributed by atoms with E-state index in [1.54, 1.807) is 0 Å². The normalized spacial score (nSPS) is 23.7. The van der Waals surface area contributed by atoms with Crippen LogP contribution in [0, 0.1) is 5.41 Å². The second-order valence-electron chi connectivity index (χ2n) is 4.73. The fourth-order valence-electron chi connectivity index (χ4n) is 1.72. The molecular weight excluding hydrogens is 182 g/mol. The highest BCUT2D eigenvalue weighted by molar-refractivity contribution is 7.80. The first kappa shape index (κ1) is 10.9. The van der Waals surface area contributed by atoms with Gasteiger partial charge in [0.2, 0.25) is 0 Å². The van der Waals surface area contributed by atoms with Crippen molar-refractivity contribution >= 4 is 17.2 Å². The molecule has 76 valence electrons. The summed E-state index contributed by atoms with van der Waals surface area (Å²) in [6.07, 6.45) is 2.23. The summed E-state index contributed by atoms with van der Waals surface area (Å²) in [5.74, 6) is 0. The summed E-state index contributed by atoms with van der Waals surface area (Å²) in [4.78, 5) is 3.18. The standard InChI is InChI=1S/C10H19NOS/c1-10(2,3)9(13)11-6-4-5-8(11)7-12/h8,12H,4-7H2,1-3H3. The molecule has 0 spiro atoms. The molecule has 13 heavy (non-hydrogen) atoms. The van der Waals surface area contributed by atoms with Gasteiger partial charge in [0.1, 0.15) is 0 Å². The van der Waals surface area contributed by atoms with E-state index in [1.807, 2.05) is 0 Å². The molecule has 0 bridgehead atoms. The van der Waals surface area contributed by atoms with E-state index in [4.69, 9.17) is 17.3 Å². The Morgan fingerprint density at radius 3 is 2.62 bits per heavy atom. The van der Waals surface area contributed by atoms with E-state index in [-0.39, 0.29) is 18.1 Å². The van der Waals surface area contributed by atoms with Gasteiger partial charge in [0.15, 0.2) is 0 Å². The number of hydrogen-bond acceptors (Lipinski definition) is 2. The minimum atomic E-state index is 0.0487. The van der Waals surface area contributed by atoms with Crippen molar-refractivity contribution < 1.29 is 5.11 Å². The predicted octanol–water partition coefficient (Wildman–Crippen LogP) is 1.82. The van der Waals surface area contributed by atoms with Gasteiger partial charge >= 0.3 is 0 Å². The van der Waals surface area contributed by atoms with E-state index in [0.29, 0.717) is 0 Å². The molecule has 0 aromatic rings. The van der Waals surface area contributed by atoms with Crippen LogP contribution in [0.25, 0.3) is 0 Å². The highest BCUT2D eigenvalue weighted by Gasteiger charge is 2.31. The lowest BCUT2D eigenvalue weighted by Crippen LogP contribution is -2.42. The van der Waals surface area contributed by atoms with Crippen LogP contribution in [-0.2, 0) is 0 Å². The zero-order chi connectivity index (χ0) is 10.1. The van der Waals surface area contributed by atoms with Crippen molar-refractivity contribution in [3.05, 3.63) is 0 Å². The Kier molecular flexibility index (Phi) is 3.30. The van der Waals surface area contributed by atoms with Crippen LogP contribution in [0.15, 0.2) is 0 Å². The van der Waals surface area contributed by atoms with E-state index in [0.717, 1.165) is 24.4 Å². The van der Waals surface area contributed by atoms with Crippen molar-refractivity contribution in [1.29, 1.82) is 0 Å². The molecule has 1 atom stereocenters. The van der Waals surface area contributed by atoms with Gasteiger partial charge in [-0.15, -0.1) is 0 Å². The van der Waals surface area contributed by atoms with E-state index in [1.165, 1.54) is 0 Å². The molecule has 1 saturated heterocycles. The van der Waals surface area contributed by atoms with Crippen LogP contribution in [0.4, 0.5) is 0 Å². The summed E-state index contributed by atoms with van der Waals surface area (Å²) in [5, 5.41) is 9.15. The number of rotatable bonds is 1. The van der Waals surface area contributed by atoms with Crippen molar-refractivity contribution in [2.45, 2.75) is 39.7 Å². The largest absolute Gasteiger partial charge is 0.394 e. The zero-order valence-corrected chi connectivity index (χ0v) is 9.52. The molecule has 1 aliphatic rings. The number of hydrogen-bond donors (Lipinski definition) is 1. The number of aliphatic hydroxyl groups is 1. The van der Waals surface area contributed by atoms with Crippen molar-refractivity contribution in [3.63, 3.8) is 0 Å². The number of aliphatic hydroxyl groups excluding tert-OH is 1. The highest BCUT2D eigenvalue weighted by Crippen LogP contribution is 2.26. The molecule has 2 nitrogen and oxygen atoms in total. The monoisotopic (exact) mass is 201 g/mol. The summed E-state index contributed by atoms with van der Waals surface area (Å²) < 4.78 is 0. The molecule has 1 heterocycles. The Labute approximate surface area is 85.9 Å². The number of thiocarbonyl (C=S) groups is 1. The highest BCUT2D eigenvalue weighted by atomic mass is 32.1. The summed E-state index contributed by atoms with van der Waals surface area (Å²) in [6.45, 7) is 7.63. The van der Waals surface area contributed by atoms with Crippen LogP contribution < -0.4 is 0 Å². The summed E-state index contributed by atoms with van der Waals surface area (Å²) in [7, 11) is 0. The Hall–Kier alpha value is -0.150. The predicted molar refractivity (Wildman–Crippen MR) is 58.9 cm³/mol. The summed E-state index contributed by atoms with van der Waals surface area (Å²) in [6, 6.07) is 0.270. The molecule has 1 N–H and O–H groups in total. The maximum atomic E-state index is 9.15. The molecule has 1 aliphatic heterocycles. The molecule has 0 aromatic carbocycles. The zero-order valence-electron chi connectivity index (χ0n) is 8.71. The van der Waals surface area contributed by atoms with Crippen LogP contribution in [0.3, 0.4) is 0 Å². The van der Waals surface area contributed by atoms with Gasteiger partial charge in [-0.1, -0.05) is 33.0 Å². The number of likely N-dealkylation sites (tertiary alicyclic amines) is 1. The van der Waals surface area contributed by atoms with Gasteiger partial charge in [-0.2, -0.15) is 0 Å². The molecule has 0 radical (unpaired) electrons. The third-order valence-electron chi connectivity index (χ3n) is 2.49. The van der Waals surface area contributed by atoms with Crippen LogP contribution >= 0.6 is 12.2 Å². The quantitative estimate of drug-likeness (QED) is 0.655. The van der Waals surface area contributed by atoms with E-state index >= 15 is 0 Å². The third kappa shape index (κ3) is 2.41. The van der Waals surface area contributed by atoms with Crippen LogP contribution in [0.1, 0.15) is 33.6 Å². The lowest BCUT2D eigenvalue weighted by Gasteiger charge is -2.33. The van der Waals surface area contributed by atoms with Gasteiger partial charge in [0, 0.05) is 12.0 Å². The third-order valence-corrected chi connectivity index (χ3v) is 3.34. The SMILES string of the molecule is CC(C)(C)C(=S)N1CCCC1CO. The molecule has 1 unspecified atom stereocenters. The summed E-state index contributed by atoms with van der Waals surface area (Å²) in [5.41, 5.74) is 0.0487. The topological polar surface area (TPSA) is 23.5 Å². The van der Waals surface area contributed by atoms with Gasteiger partial charge in [-0.25, -0.2) is 0 Å². The molecular formula is C10H19NOS. The molecule has 0 amide bonds. The number of nitrogens with zero attached hydrogens (tertiary/aromatic N) is 1. The first-order valence-electron chi connectivity index (χ1n) is 4.88. The average molecular weight is 201 g/mol. The molecule has 3 heteroatoms. The average Bonchev–Trinajstić information content (AvgIpc) is 2.48. The van der Waals surface area contributed by atoms with Crippen molar-refractivity contribution in [2.75, 3.05) is 13.2 Å². The Morgan fingerprint density at radius 2 is 2.15 bits per heavy atom. The molecule has 1 fully saturated rings. The van der Waals surface area contributed by atoms with Gasteiger partial charge < -0.3 is 10.0 Å². The molecule has 1 rings (SSSR count). The minimum absolute atomic E-state index is 0.0487. The fourth-order valence-corrected chi connectivity index (χ4v) is 1.96. The minimum Gasteiger partial charge on any atom is -0.394 e. The molecule has 0 aliphatic carbocycles. The molecule has 0 saturated carbocycles. The van der Waals surface area contributed by atoms with E-state index in [9.17, 15) is 0 Å². The first-order chi connectivity index (χ1) is 5.96. The van der Waals surface area contributed by atoms with Gasteiger partial charge in [-0.3, -0.25) is 0 Å². The summed E-state index contributed by atoms with van der Waals surface area (Å²) >= 11 is 5.41. The Balaban J connectivity index is 2.66. The molecule has 0 aromatic heterocycles. The van der Waals surface area contributed by atoms with Gasteiger partial charge in [0.05, 0.1) is 17.6 Å². The maximum Gasteiger partial charge on any atom is 0.0836 e. The van der Waals surface area contributed by atoms with Crippen LogP contribution in [-0.4, -0.2) is 34.2 Å². The lowest BCUT2D eigenvalue weighted by atomic mass is 9.95. The van der Waals surface area contributed by atoms with Crippen molar-refractivity contribution in [3.8, 4) is 0 Å². The smallest absolute Gasteiger partial charge is 0.0836 e. The van der Waals surface area contributed by atoms with Gasteiger partial charge in [-0.05, 0) is 12.8 Å². The first-order valence-corrected chi connectivity index (χ1v) is 5.29. The van der Waals surface area contributed by atoms with E-state index < -0.39 is 0 Å². The van der Waals surface area contributed by atoms with Crippen LogP contribution in [0.2, 0.25) is 0 Å². The van der Waals surface area contributed by atoms with Crippen LogP contribution in [0.5, 0.6) is 0 Å². The second kappa shape index (κ2) is 3.93. The Bertz CT molecular complexity index is 198. The fraction of sp³-hybridized carbons (Fsp3) is 0.900.